The summed E-state index contributed by atoms with van der Waals surface area (Å²) in [5, 5.41) is 3.38. The van der Waals surface area contributed by atoms with Crippen LogP contribution in [0.1, 0.15) is 31.9 Å². The summed E-state index contributed by atoms with van der Waals surface area (Å²) in [4.78, 5) is 2.49. The second kappa shape index (κ2) is 7.04. The van der Waals surface area contributed by atoms with Crippen molar-refractivity contribution in [3.8, 4) is 0 Å². The third kappa shape index (κ3) is 4.60. The van der Waals surface area contributed by atoms with Crippen molar-refractivity contribution in [3.63, 3.8) is 0 Å². The predicted octanol–water partition coefficient (Wildman–Crippen LogP) is 2.41. The van der Waals surface area contributed by atoms with Crippen LogP contribution in [-0.2, 0) is 17.8 Å². The third-order valence-electron chi connectivity index (χ3n) is 3.47. The molecule has 19 heavy (non-hydrogen) atoms. The van der Waals surface area contributed by atoms with E-state index < -0.39 is 0 Å². The van der Waals surface area contributed by atoms with Crippen molar-refractivity contribution in [1.29, 1.82) is 0 Å². The number of benzene rings is 1. The Bertz CT molecular complexity index is 384. The monoisotopic (exact) mass is 262 g/mol. The number of hydrogen-bond donors (Lipinski definition) is 1. The second-order valence-corrected chi connectivity index (χ2v) is 5.55. The molecule has 1 fully saturated rings. The molecule has 2 unspecified atom stereocenters. The first kappa shape index (κ1) is 14.5. The number of hydrogen-bond acceptors (Lipinski definition) is 3. The minimum Gasteiger partial charge on any atom is -0.373 e. The summed E-state index contributed by atoms with van der Waals surface area (Å²) in [6.45, 7) is 11.5. The molecule has 3 nitrogen and oxygen atoms in total. The Balaban J connectivity index is 1.94. The smallest absolute Gasteiger partial charge is 0.0678 e. The molecule has 0 aliphatic carbocycles. The molecule has 0 radical (unpaired) electrons. The molecule has 0 saturated carbocycles. The molecule has 1 aromatic rings. The van der Waals surface area contributed by atoms with Gasteiger partial charge in [-0.3, -0.25) is 4.90 Å². The van der Waals surface area contributed by atoms with Gasteiger partial charge in [-0.1, -0.05) is 31.2 Å². The maximum absolute atomic E-state index is 5.78. The van der Waals surface area contributed by atoms with Gasteiger partial charge in [-0.05, 0) is 31.5 Å². The zero-order valence-electron chi connectivity index (χ0n) is 12.4. The minimum absolute atomic E-state index is 0.341. The summed E-state index contributed by atoms with van der Waals surface area (Å²) < 4.78 is 5.78. The van der Waals surface area contributed by atoms with E-state index in [1.165, 1.54) is 11.1 Å². The lowest BCUT2D eigenvalue weighted by Gasteiger charge is -2.35. The Morgan fingerprint density at radius 1 is 1.21 bits per heavy atom. The van der Waals surface area contributed by atoms with Gasteiger partial charge in [0.2, 0.25) is 0 Å². The number of ether oxygens (including phenoxy) is 1. The highest BCUT2D eigenvalue weighted by Crippen LogP contribution is 2.15. The number of morpholine rings is 1. The van der Waals surface area contributed by atoms with Crippen LogP contribution < -0.4 is 5.32 Å². The molecule has 1 aliphatic heterocycles. The lowest BCUT2D eigenvalue weighted by molar-refractivity contribution is -0.0704. The Hall–Kier alpha value is -0.900. The maximum Gasteiger partial charge on any atom is 0.0678 e. The van der Waals surface area contributed by atoms with Crippen LogP contribution >= 0.6 is 0 Å². The fraction of sp³-hybridized carbons (Fsp3) is 0.625. The van der Waals surface area contributed by atoms with Gasteiger partial charge in [-0.15, -0.1) is 0 Å². The van der Waals surface area contributed by atoms with Gasteiger partial charge in [0, 0.05) is 26.2 Å². The fourth-order valence-corrected chi connectivity index (χ4v) is 2.78. The van der Waals surface area contributed by atoms with Crippen molar-refractivity contribution in [1.82, 2.24) is 10.2 Å². The van der Waals surface area contributed by atoms with E-state index in [1.54, 1.807) is 0 Å². The van der Waals surface area contributed by atoms with Crippen LogP contribution in [0, 0.1) is 0 Å². The Kier molecular flexibility index (Phi) is 5.37. The standard InChI is InChI=1S/C16H26N2O/c1-4-17-9-15-6-5-7-16(8-15)12-18-10-13(2)19-14(3)11-18/h5-8,13-14,17H,4,9-12H2,1-3H3. The molecule has 0 aromatic heterocycles. The fourth-order valence-electron chi connectivity index (χ4n) is 2.78. The van der Waals surface area contributed by atoms with Crippen molar-refractivity contribution in [2.75, 3.05) is 19.6 Å². The highest BCUT2D eigenvalue weighted by Gasteiger charge is 2.21. The summed E-state index contributed by atoms with van der Waals surface area (Å²) >= 11 is 0. The molecule has 0 amide bonds. The Morgan fingerprint density at radius 3 is 2.58 bits per heavy atom. The lowest BCUT2D eigenvalue weighted by atomic mass is 10.1. The van der Waals surface area contributed by atoms with Gasteiger partial charge in [0.15, 0.2) is 0 Å². The summed E-state index contributed by atoms with van der Waals surface area (Å²) in [5.41, 5.74) is 2.77. The van der Waals surface area contributed by atoms with E-state index in [0.717, 1.165) is 32.7 Å². The van der Waals surface area contributed by atoms with Gasteiger partial charge in [0.1, 0.15) is 0 Å². The average Bonchev–Trinajstić information content (AvgIpc) is 2.35. The van der Waals surface area contributed by atoms with E-state index in [1.807, 2.05) is 0 Å². The van der Waals surface area contributed by atoms with Gasteiger partial charge in [-0.2, -0.15) is 0 Å². The van der Waals surface area contributed by atoms with Crippen LogP contribution in [0.25, 0.3) is 0 Å². The number of rotatable bonds is 5. The van der Waals surface area contributed by atoms with Gasteiger partial charge < -0.3 is 10.1 Å². The first-order chi connectivity index (χ1) is 9.17. The van der Waals surface area contributed by atoms with Crippen LogP contribution in [0.3, 0.4) is 0 Å². The van der Waals surface area contributed by atoms with Crippen LogP contribution in [0.15, 0.2) is 24.3 Å². The normalized spacial score (nSPS) is 24.6. The molecule has 0 spiro atoms. The van der Waals surface area contributed by atoms with Crippen molar-refractivity contribution < 1.29 is 4.74 Å². The average molecular weight is 262 g/mol. The first-order valence-electron chi connectivity index (χ1n) is 7.33. The third-order valence-corrected chi connectivity index (χ3v) is 3.47. The molecule has 1 saturated heterocycles. The SMILES string of the molecule is CCNCc1cccc(CN2CC(C)OC(C)C2)c1. The quantitative estimate of drug-likeness (QED) is 0.882. The molecule has 0 bridgehead atoms. The van der Waals surface area contributed by atoms with E-state index in [-0.39, 0.29) is 0 Å². The first-order valence-corrected chi connectivity index (χ1v) is 7.33. The summed E-state index contributed by atoms with van der Waals surface area (Å²) in [6, 6.07) is 8.89. The molecule has 1 N–H and O–H groups in total. The summed E-state index contributed by atoms with van der Waals surface area (Å²) in [6.07, 6.45) is 0.683. The van der Waals surface area contributed by atoms with Gasteiger partial charge in [0.05, 0.1) is 12.2 Å². The molecule has 1 heterocycles. The highest BCUT2D eigenvalue weighted by molar-refractivity contribution is 5.23. The van der Waals surface area contributed by atoms with Crippen molar-refractivity contribution in [2.24, 2.45) is 0 Å². The Morgan fingerprint density at radius 2 is 1.89 bits per heavy atom. The molecule has 3 heteroatoms. The molecule has 1 aliphatic rings. The zero-order valence-corrected chi connectivity index (χ0v) is 12.4. The van der Waals surface area contributed by atoms with Crippen LogP contribution in [0.5, 0.6) is 0 Å². The minimum atomic E-state index is 0.341. The van der Waals surface area contributed by atoms with Crippen molar-refractivity contribution >= 4 is 0 Å². The van der Waals surface area contributed by atoms with E-state index >= 15 is 0 Å². The van der Waals surface area contributed by atoms with Crippen molar-refractivity contribution in [2.45, 2.75) is 46.1 Å². The van der Waals surface area contributed by atoms with E-state index in [2.05, 4.69) is 55.3 Å². The largest absolute Gasteiger partial charge is 0.373 e. The zero-order chi connectivity index (χ0) is 13.7. The molecule has 106 valence electrons. The van der Waals surface area contributed by atoms with E-state index in [0.29, 0.717) is 12.2 Å². The van der Waals surface area contributed by atoms with Gasteiger partial charge in [0.25, 0.3) is 0 Å². The maximum atomic E-state index is 5.78. The summed E-state index contributed by atoms with van der Waals surface area (Å²) in [7, 11) is 0. The molecular weight excluding hydrogens is 236 g/mol. The number of nitrogens with one attached hydrogen (secondary N) is 1. The molecule has 2 atom stereocenters. The lowest BCUT2D eigenvalue weighted by Crippen LogP contribution is -2.44. The van der Waals surface area contributed by atoms with Crippen LogP contribution in [-0.4, -0.2) is 36.7 Å². The second-order valence-electron chi connectivity index (χ2n) is 5.55. The Labute approximate surface area is 116 Å². The summed E-state index contributed by atoms with van der Waals surface area (Å²) in [5.74, 6) is 0. The number of nitrogens with zero attached hydrogens (tertiary/aromatic N) is 1. The van der Waals surface area contributed by atoms with Crippen LogP contribution in [0.2, 0.25) is 0 Å². The topological polar surface area (TPSA) is 24.5 Å². The van der Waals surface area contributed by atoms with Crippen LogP contribution in [0.4, 0.5) is 0 Å². The van der Waals surface area contributed by atoms with Crippen molar-refractivity contribution in [3.05, 3.63) is 35.4 Å². The predicted molar refractivity (Wildman–Crippen MR) is 79.1 cm³/mol. The van der Waals surface area contributed by atoms with E-state index in [4.69, 9.17) is 4.74 Å². The highest BCUT2D eigenvalue weighted by atomic mass is 16.5. The molecule has 2 rings (SSSR count). The molecule has 1 aromatic carbocycles. The van der Waals surface area contributed by atoms with Gasteiger partial charge in [-0.25, -0.2) is 0 Å². The van der Waals surface area contributed by atoms with E-state index in [9.17, 15) is 0 Å². The molecular formula is C16H26N2O. The van der Waals surface area contributed by atoms with Gasteiger partial charge >= 0.3 is 0 Å².